The molecule has 9 heteroatoms. The van der Waals surface area contributed by atoms with Crippen LogP contribution in [-0.4, -0.2) is 50.0 Å². The van der Waals surface area contributed by atoms with Crippen molar-refractivity contribution in [2.45, 2.75) is 83.8 Å². The van der Waals surface area contributed by atoms with Crippen LogP contribution in [0, 0.1) is 13.8 Å². The van der Waals surface area contributed by atoms with Gasteiger partial charge in [-0.25, -0.2) is 8.42 Å². The summed E-state index contributed by atoms with van der Waals surface area (Å²) < 4.78 is 28.0. The summed E-state index contributed by atoms with van der Waals surface area (Å²) in [5.74, 6) is -0.323. The van der Waals surface area contributed by atoms with Crippen LogP contribution in [0.1, 0.15) is 67.2 Å². The van der Waals surface area contributed by atoms with Gasteiger partial charge >= 0.3 is 0 Å². The number of rotatable bonds is 13. The van der Waals surface area contributed by atoms with Crippen LogP contribution in [0.25, 0.3) is 0 Å². The lowest BCUT2D eigenvalue weighted by Gasteiger charge is -2.34. The van der Waals surface area contributed by atoms with Crippen molar-refractivity contribution in [2.75, 3.05) is 17.1 Å². The molecule has 1 aliphatic rings. The minimum absolute atomic E-state index is 0.104. The minimum atomic E-state index is -3.58. The summed E-state index contributed by atoms with van der Waals surface area (Å²) in [7, 11) is -3.58. The monoisotopic (exact) mass is 681 g/mol. The Labute approximate surface area is 271 Å². The van der Waals surface area contributed by atoms with Crippen molar-refractivity contribution < 1.29 is 18.0 Å². The van der Waals surface area contributed by atoms with Crippen molar-refractivity contribution in [3.05, 3.63) is 99.5 Å². The highest BCUT2D eigenvalue weighted by Gasteiger charge is 2.32. The first kappa shape index (κ1) is 33.7. The molecule has 236 valence electrons. The number of carbonyl (C=O) groups is 2. The fourth-order valence-electron chi connectivity index (χ4n) is 5.90. The quantitative estimate of drug-likeness (QED) is 0.218. The molecule has 7 nitrogen and oxygen atoms in total. The molecule has 0 aromatic heterocycles. The van der Waals surface area contributed by atoms with E-state index < -0.39 is 16.1 Å². The predicted molar refractivity (Wildman–Crippen MR) is 181 cm³/mol. The second-order valence-corrected chi connectivity index (χ2v) is 14.8. The summed E-state index contributed by atoms with van der Waals surface area (Å²) in [4.78, 5) is 29.8. The Kier molecular flexibility index (Phi) is 12.0. The highest BCUT2D eigenvalue weighted by atomic mass is 79.9. The Bertz CT molecular complexity index is 1520. The summed E-state index contributed by atoms with van der Waals surface area (Å²) in [6.07, 6.45) is 7.26. The number of carbonyl (C=O) groups excluding carboxylic acids is 2. The molecule has 44 heavy (non-hydrogen) atoms. The fourth-order valence-corrected chi connectivity index (χ4v) is 7.36. The molecule has 0 spiro atoms. The van der Waals surface area contributed by atoms with E-state index in [0.29, 0.717) is 18.5 Å². The Morgan fingerprint density at radius 2 is 1.64 bits per heavy atom. The topological polar surface area (TPSA) is 86.8 Å². The van der Waals surface area contributed by atoms with Crippen LogP contribution in [-0.2, 0) is 32.6 Å². The average Bonchev–Trinajstić information content (AvgIpc) is 2.99. The molecule has 1 saturated carbocycles. The summed E-state index contributed by atoms with van der Waals surface area (Å²) in [5.41, 5.74) is 4.32. The van der Waals surface area contributed by atoms with E-state index in [-0.39, 0.29) is 37.4 Å². The van der Waals surface area contributed by atoms with Gasteiger partial charge < -0.3 is 10.2 Å². The summed E-state index contributed by atoms with van der Waals surface area (Å²) in [6.45, 7) is 4.24. The van der Waals surface area contributed by atoms with Crippen molar-refractivity contribution in [1.82, 2.24) is 10.2 Å². The number of hydrogen-bond donors (Lipinski definition) is 1. The first-order chi connectivity index (χ1) is 21.0. The second kappa shape index (κ2) is 15.7. The Morgan fingerprint density at radius 1 is 0.932 bits per heavy atom. The van der Waals surface area contributed by atoms with Gasteiger partial charge in [-0.15, -0.1) is 0 Å². The SMILES string of the molecule is Cc1ccc(C)c(N(CCCC(=O)N(Cc2cccc(Br)c2)[C@H](Cc2ccccc2)C(=O)NC2CCCCC2)S(C)(=O)=O)c1. The number of halogens is 1. The number of benzene rings is 3. The zero-order chi connectivity index (χ0) is 31.7. The number of anilines is 1. The molecule has 3 aromatic rings. The van der Waals surface area contributed by atoms with Gasteiger partial charge in [-0.2, -0.15) is 0 Å². The number of aryl methyl sites for hydroxylation is 2. The van der Waals surface area contributed by atoms with Gasteiger partial charge in [0.2, 0.25) is 21.8 Å². The molecule has 3 aromatic carbocycles. The fraction of sp³-hybridized carbons (Fsp3) is 0.429. The van der Waals surface area contributed by atoms with Crippen LogP contribution in [0.15, 0.2) is 77.3 Å². The third-order valence-corrected chi connectivity index (χ3v) is 9.92. The van der Waals surface area contributed by atoms with Crippen molar-refractivity contribution in [1.29, 1.82) is 0 Å². The van der Waals surface area contributed by atoms with Crippen molar-refractivity contribution in [3.8, 4) is 0 Å². The van der Waals surface area contributed by atoms with Gasteiger partial charge in [0.1, 0.15) is 6.04 Å². The first-order valence-electron chi connectivity index (χ1n) is 15.4. The van der Waals surface area contributed by atoms with Crippen LogP contribution in [0.3, 0.4) is 0 Å². The number of sulfonamides is 1. The highest BCUT2D eigenvalue weighted by Crippen LogP contribution is 2.25. The van der Waals surface area contributed by atoms with Gasteiger partial charge in [-0.1, -0.05) is 89.8 Å². The van der Waals surface area contributed by atoms with E-state index in [1.54, 1.807) is 4.90 Å². The number of nitrogens with zero attached hydrogens (tertiary/aromatic N) is 2. The van der Waals surface area contributed by atoms with Gasteiger partial charge in [0.05, 0.1) is 11.9 Å². The molecular weight excluding hydrogens is 638 g/mol. The molecular formula is C35H44BrN3O4S. The van der Waals surface area contributed by atoms with E-state index >= 15 is 0 Å². The van der Waals surface area contributed by atoms with Crippen LogP contribution < -0.4 is 9.62 Å². The molecule has 0 unspecified atom stereocenters. The zero-order valence-corrected chi connectivity index (χ0v) is 28.4. The van der Waals surface area contributed by atoms with E-state index in [1.807, 2.05) is 86.6 Å². The first-order valence-corrected chi connectivity index (χ1v) is 18.1. The van der Waals surface area contributed by atoms with Crippen LogP contribution in [0.4, 0.5) is 5.69 Å². The third kappa shape index (κ3) is 9.66. The van der Waals surface area contributed by atoms with Gasteiger partial charge in [-0.05, 0) is 73.6 Å². The van der Waals surface area contributed by atoms with Gasteiger partial charge in [-0.3, -0.25) is 13.9 Å². The highest BCUT2D eigenvalue weighted by molar-refractivity contribution is 9.10. The molecule has 0 radical (unpaired) electrons. The molecule has 2 amide bonds. The van der Waals surface area contributed by atoms with Crippen molar-refractivity contribution >= 4 is 43.5 Å². The summed E-state index contributed by atoms with van der Waals surface area (Å²) >= 11 is 3.54. The Hall–Kier alpha value is -3.17. The maximum absolute atomic E-state index is 14.1. The molecule has 1 fully saturated rings. The second-order valence-electron chi connectivity index (χ2n) is 11.9. The lowest BCUT2D eigenvalue weighted by atomic mass is 9.94. The van der Waals surface area contributed by atoms with E-state index in [2.05, 4.69) is 21.2 Å². The maximum Gasteiger partial charge on any atom is 0.243 e. The van der Waals surface area contributed by atoms with Gasteiger partial charge in [0, 0.05) is 36.4 Å². The van der Waals surface area contributed by atoms with Crippen LogP contribution in [0.2, 0.25) is 0 Å². The number of hydrogen-bond acceptors (Lipinski definition) is 4. The summed E-state index contributed by atoms with van der Waals surface area (Å²) in [6, 6.07) is 22.7. The number of amides is 2. The van der Waals surface area contributed by atoms with Crippen molar-refractivity contribution in [3.63, 3.8) is 0 Å². The standard InChI is InChI=1S/C35H44BrN3O4S/c1-26-19-20-27(2)32(22-26)39(44(3,42)43)21-11-18-34(40)38(25-29-14-10-15-30(36)23-29)33(24-28-12-6-4-7-13-28)35(41)37-31-16-8-5-9-17-31/h4,6-7,10,12-15,19-20,22-23,31,33H,5,8-9,11,16-18,21,24-25H2,1-3H3,(H,37,41)/t33-/m1/s1. The normalized spacial score (nSPS) is 14.5. The molecule has 4 rings (SSSR count). The molecule has 1 atom stereocenters. The largest absolute Gasteiger partial charge is 0.352 e. The van der Waals surface area contributed by atoms with Crippen molar-refractivity contribution in [2.24, 2.45) is 0 Å². The summed E-state index contributed by atoms with van der Waals surface area (Å²) in [5, 5.41) is 3.27. The molecule has 0 aliphatic heterocycles. The molecule has 0 bridgehead atoms. The maximum atomic E-state index is 14.1. The Morgan fingerprint density at radius 3 is 2.32 bits per heavy atom. The molecule has 0 saturated heterocycles. The minimum Gasteiger partial charge on any atom is -0.352 e. The lowest BCUT2D eigenvalue weighted by Crippen LogP contribution is -2.53. The Balaban J connectivity index is 1.60. The third-order valence-electron chi connectivity index (χ3n) is 8.25. The predicted octanol–water partition coefficient (Wildman–Crippen LogP) is 6.70. The number of nitrogens with one attached hydrogen (secondary N) is 1. The van der Waals surface area contributed by atoms with Crippen LogP contribution in [0.5, 0.6) is 0 Å². The van der Waals surface area contributed by atoms with Gasteiger partial charge in [0.15, 0.2) is 0 Å². The zero-order valence-electron chi connectivity index (χ0n) is 26.0. The molecule has 1 aliphatic carbocycles. The van der Waals surface area contributed by atoms with Gasteiger partial charge in [0.25, 0.3) is 0 Å². The van der Waals surface area contributed by atoms with Crippen LogP contribution >= 0.6 is 15.9 Å². The van der Waals surface area contributed by atoms with E-state index in [1.165, 1.54) is 17.0 Å². The van der Waals surface area contributed by atoms with E-state index in [0.717, 1.165) is 52.4 Å². The molecule has 1 N–H and O–H groups in total. The van der Waals surface area contributed by atoms with E-state index in [9.17, 15) is 18.0 Å². The lowest BCUT2D eigenvalue weighted by molar-refractivity contribution is -0.141. The van der Waals surface area contributed by atoms with E-state index in [4.69, 9.17) is 0 Å². The molecule has 0 heterocycles. The smallest absolute Gasteiger partial charge is 0.243 e. The average molecular weight is 683 g/mol.